The molecule has 0 atom stereocenters. The average Bonchev–Trinajstić information content (AvgIpc) is 2.65. The molecular weight excluding hydrogens is 328 g/mol. The molecule has 6 nitrogen and oxygen atoms in total. The SMILES string of the molecule is CCNC(=NCc1ccccc1OC)NCc1ncc(C)c(OC)c1C. The molecule has 6 heteroatoms. The number of aliphatic imine (C=N–C) groups is 1. The Morgan fingerprint density at radius 3 is 2.58 bits per heavy atom. The summed E-state index contributed by atoms with van der Waals surface area (Å²) >= 11 is 0. The van der Waals surface area contributed by atoms with Crippen LogP contribution in [0.4, 0.5) is 0 Å². The number of guanidine groups is 1. The van der Waals surface area contributed by atoms with E-state index in [0.29, 0.717) is 13.1 Å². The van der Waals surface area contributed by atoms with Crippen LogP contribution in [0.25, 0.3) is 0 Å². The number of hydrogen-bond donors (Lipinski definition) is 2. The summed E-state index contributed by atoms with van der Waals surface area (Å²) in [5.74, 6) is 2.46. The molecule has 0 aliphatic rings. The maximum Gasteiger partial charge on any atom is 0.191 e. The van der Waals surface area contributed by atoms with Crippen molar-refractivity contribution in [2.45, 2.75) is 33.9 Å². The second-order valence-electron chi connectivity index (χ2n) is 5.91. The van der Waals surface area contributed by atoms with Crippen LogP contribution in [-0.4, -0.2) is 31.7 Å². The van der Waals surface area contributed by atoms with Crippen LogP contribution in [0.2, 0.25) is 0 Å². The molecule has 1 aromatic carbocycles. The number of para-hydroxylation sites is 1. The highest BCUT2D eigenvalue weighted by Crippen LogP contribution is 2.23. The minimum Gasteiger partial charge on any atom is -0.496 e. The third-order valence-corrected chi connectivity index (χ3v) is 4.12. The number of rotatable bonds is 7. The number of methoxy groups -OCH3 is 2. The maximum atomic E-state index is 5.47. The number of ether oxygens (including phenoxy) is 2. The molecule has 1 heterocycles. The summed E-state index contributed by atoms with van der Waals surface area (Å²) in [4.78, 5) is 9.17. The fourth-order valence-corrected chi connectivity index (χ4v) is 2.76. The molecule has 0 bridgehead atoms. The molecule has 0 amide bonds. The number of benzene rings is 1. The van der Waals surface area contributed by atoms with Gasteiger partial charge in [0.25, 0.3) is 0 Å². The molecule has 0 fully saturated rings. The summed E-state index contributed by atoms with van der Waals surface area (Å²) in [6.45, 7) is 7.94. The normalized spacial score (nSPS) is 11.2. The van der Waals surface area contributed by atoms with Crippen LogP contribution in [0, 0.1) is 13.8 Å². The molecule has 0 unspecified atom stereocenters. The quantitative estimate of drug-likeness (QED) is 0.590. The van der Waals surface area contributed by atoms with Gasteiger partial charge in [-0.3, -0.25) is 4.98 Å². The highest BCUT2D eigenvalue weighted by atomic mass is 16.5. The molecule has 0 aliphatic heterocycles. The largest absolute Gasteiger partial charge is 0.496 e. The first kappa shape index (κ1) is 19.6. The molecular formula is C20H28N4O2. The first-order chi connectivity index (χ1) is 12.6. The lowest BCUT2D eigenvalue weighted by Gasteiger charge is -2.15. The Balaban J connectivity index is 2.11. The lowest BCUT2D eigenvalue weighted by atomic mass is 10.1. The molecule has 2 aromatic rings. The number of nitrogens with one attached hydrogen (secondary N) is 2. The predicted molar refractivity (Wildman–Crippen MR) is 105 cm³/mol. The van der Waals surface area contributed by atoms with E-state index in [4.69, 9.17) is 9.47 Å². The molecule has 0 saturated carbocycles. The number of nitrogens with zero attached hydrogens (tertiary/aromatic N) is 2. The van der Waals surface area contributed by atoms with Crippen molar-refractivity contribution in [3.8, 4) is 11.5 Å². The Kier molecular flexibility index (Phi) is 7.26. The van der Waals surface area contributed by atoms with Gasteiger partial charge in [0, 0.05) is 29.4 Å². The standard InChI is InChI=1S/C20H28N4O2/c1-6-21-20(23-12-16-9-7-8-10-18(16)25-4)24-13-17-15(3)19(26-5)14(2)11-22-17/h7-11H,6,12-13H2,1-5H3,(H2,21,23,24). The van der Waals surface area contributed by atoms with Gasteiger partial charge in [-0.15, -0.1) is 0 Å². The van der Waals surface area contributed by atoms with Crippen LogP contribution in [0.5, 0.6) is 11.5 Å². The van der Waals surface area contributed by atoms with Crippen LogP contribution < -0.4 is 20.1 Å². The van der Waals surface area contributed by atoms with E-state index in [1.807, 2.05) is 51.2 Å². The Bertz CT molecular complexity index is 759. The van der Waals surface area contributed by atoms with Crippen molar-refractivity contribution in [1.82, 2.24) is 15.6 Å². The Morgan fingerprint density at radius 2 is 1.88 bits per heavy atom. The van der Waals surface area contributed by atoms with E-state index in [9.17, 15) is 0 Å². The Morgan fingerprint density at radius 1 is 1.12 bits per heavy atom. The van der Waals surface area contributed by atoms with Crippen molar-refractivity contribution < 1.29 is 9.47 Å². The molecule has 140 valence electrons. The summed E-state index contributed by atoms with van der Waals surface area (Å²) < 4.78 is 10.9. The molecule has 2 N–H and O–H groups in total. The van der Waals surface area contributed by atoms with Crippen LogP contribution in [-0.2, 0) is 13.1 Å². The second-order valence-corrected chi connectivity index (χ2v) is 5.91. The van der Waals surface area contributed by atoms with E-state index < -0.39 is 0 Å². The first-order valence-electron chi connectivity index (χ1n) is 8.73. The minimum atomic E-state index is 0.531. The fraction of sp³-hybridized carbons (Fsp3) is 0.400. The van der Waals surface area contributed by atoms with Crippen LogP contribution in [0.1, 0.15) is 29.3 Å². The van der Waals surface area contributed by atoms with Gasteiger partial charge in [-0.1, -0.05) is 18.2 Å². The number of aryl methyl sites for hydroxylation is 1. The summed E-state index contributed by atoms with van der Waals surface area (Å²) in [5, 5.41) is 6.60. The maximum absolute atomic E-state index is 5.47. The van der Waals surface area contributed by atoms with Gasteiger partial charge < -0.3 is 20.1 Å². The van der Waals surface area contributed by atoms with E-state index in [2.05, 4.69) is 20.6 Å². The third kappa shape index (κ3) is 4.88. The third-order valence-electron chi connectivity index (χ3n) is 4.12. The van der Waals surface area contributed by atoms with Gasteiger partial charge >= 0.3 is 0 Å². The van der Waals surface area contributed by atoms with E-state index in [0.717, 1.165) is 46.4 Å². The number of hydrogen-bond acceptors (Lipinski definition) is 4. The van der Waals surface area contributed by atoms with E-state index in [-0.39, 0.29) is 0 Å². The highest BCUT2D eigenvalue weighted by Gasteiger charge is 2.10. The minimum absolute atomic E-state index is 0.531. The van der Waals surface area contributed by atoms with E-state index in [1.165, 1.54) is 0 Å². The van der Waals surface area contributed by atoms with Crippen LogP contribution >= 0.6 is 0 Å². The smallest absolute Gasteiger partial charge is 0.191 e. The van der Waals surface area contributed by atoms with Crippen LogP contribution in [0.3, 0.4) is 0 Å². The summed E-state index contributed by atoms with van der Waals surface area (Å²) in [6, 6.07) is 7.90. The fourth-order valence-electron chi connectivity index (χ4n) is 2.76. The zero-order chi connectivity index (χ0) is 18.9. The summed E-state index contributed by atoms with van der Waals surface area (Å²) in [5.41, 5.74) is 4.06. The molecule has 0 radical (unpaired) electrons. The summed E-state index contributed by atoms with van der Waals surface area (Å²) in [6.07, 6.45) is 1.84. The number of aromatic nitrogens is 1. The van der Waals surface area contributed by atoms with Crippen molar-refractivity contribution in [2.75, 3.05) is 20.8 Å². The lowest BCUT2D eigenvalue weighted by molar-refractivity contribution is 0.406. The van der Waals surface area contributed by atoms with Crippen molar-refractivity contribution in [3.05, 3.63) is 52.8 Å². The highest BCUT2D eigenvalue weighted by molar-refractivity contribution is 5.79. The van der Waals surface area contributed by atoms with Gasteiger partial charge in [0.2, 0.25) is 0 Å². The molecule has 26 heavy (non-hydrogen) atoms. The van der Waals surface area contributed by atoms with Gasteiger partial charge in [0.05, 0.1) is 33.0 Å². The molecule has 2 rings (SSSR count). The average molecular weight is 356 g/mol. The van der Waals surface area contributed by atoms with Gasteiger partial charge in [-0.2, -0.15) is 0 Å². The van der Waals surface area contributed by atoms with Gasteiger partial charge in [0.1, 0.15) is 11.5 Å². The monoisotopic (exact) mass is 356 g/mol. The zero-order valence-corrected chi connectivity index (χ0v) is 16.2. The lowest BCUT2D eigenvalue weighted by Crippen LogP contribution is -2.37. The van der Waals surface area contributed by atoms with Crippen molar-refractivity contribution >= 4 is 5.96 Å². The first-order valence-corrected chi connectivity index (χ1v) is 8.73. The van der Waals surface area contributed by atoms with E-state index in [1.54, 1.807) is 14.2 Å². The van der Waals surface area contributed by atoms with Crippen molar-refractivity contribution in [3.63, 3.8) is 0 Å². The van der Waals surface area contributed by atoms with E-state index >= 15 is 0 Å². The Labute approximate surface area is 155 Å². The molecule has 0 aliphatic carbocycles. The zero-order valence-electron chi connectivity index (χ0n) is 16.2. The Hall–Kier alpha value is -2.76. The van der Waals surface area contributed by atoms with Crippen LogP contribution in [0.15, 0.2) is 35.5 Å². The number of pyridine rings is 1. The van der Waals surface area contributed by atoms with Gasteiger partial charge in [0.15, 0.2) is 5.96 Å². The van der Waals surface area contributed by atoms with Gasteiger partial charge in [-0.05, 0) is 26.8 Å². The second kappa shape index (κ2) is 9.65. The molecule has 0 saturated heterocycles. The topological polar surface area (TPSA) is 67.8 Å². The van der Waals surface area contributed by atoms with Crippen molar-refractivity contribution in [1.29, 1.82) is 0 Å². The predicted octanol–water partition coefficient (Wildman–Crippen LogP) is 2.97. The molecule has 0 spiro atoms. The summed E-state index contributed by atoms with van der Waals surface area (Å²) in [7, 11) is 3.36. The van der Waals surface area contributed by atoms with Crippen molar-refractivity contribution in [2.24, 2.45) is 4.99 Å². The van der Waals surface area contributed by atoms with Gasteiger partial charge in [-0.25, -0.2) is 4.99 Å². The molecule has 1 aromatic heterocycles.